The molecular formula is C14H23N3O. The van der Waals surface area contributed by atoms with E-state index in [2.05, 4.69) is 13.8 Å². The van der Waals surface area contributed by atoms with Crippen molar-refractivity contribution in [1.82, 2.24) is 5.01 Å². The summed E-state index contributed by atoms with van der Waals surface area (Å²) in [6.07, 6.45) is 5.16. The smallest absolute Gasteiger partial charge is 0.160 e. The molecule has 1 aliphatic rings. The molecular weight excluding hydrogens is 226 g/mol. The van der Waals surface area contributed by atoms with Gasteiger partial charge in [0.1, 0.15) is 0 Å². The second-order valence-corrected chi connectivity index (χ2v) is 6.09. The molecule has 1 fully saturated rings. The minimum atomic E-state index is -0.365. The van der Waals surface area contributed by atoms with Gasteiger partial charge in [-0.1, -0.05) is 6.08 Å². The van der Waals surface area contributed by atoms with Crippen LogP contribution >= 0.6 is 0 Å². The van der Waals surface area contributed by atoms with E-state index in [1.54, 1.807) is 6.08 Å². The molecule has 0 amide bonds. The Hall–Kier alpha value is -1.18. The summed E-state index contributed by atoms with van der Waals surface area (Å²) in [5.41, 5.74) is -0.452. The molecule has 1 atom stereocenters. The number of hydrogen-bond acceptors (Lipinski definition) is 4. The fourth-order valence-electron chi connectivity index (χ4n) is 2.75. The van der Waals surface area contributed by atoms with Crippen molar-refractivity contribution in [3.05, 3.63) is 12.2 Å². The SMILES string of the molecule is CC1(C)CCC(C(=O)C=CCC#N)C(C)(C)N1N. The highest BCUT2D eigenvalue weighted by Gasteiger charge is 2.47. The number of carbonyl (C=O) groups excluding carboxylic acids is 1. The van der Waals surface area contributed by atoms with Gasteiger partial charge in [0.2, 0.25) is 0 Å². The Morgan fingerprint density at radius 2 is 2.11 bits per heavy atom. The lowest BCUT2D eigenvalue weighted by atomic mass is 9.72. The minimum Gasteiger partial charge on any atom is -0.294 e. The molecule has 0 aliphatic carbocycles. The van der Waals surface area contributed by atoms with Crippen molar-refractivity contribution in [2.45, 2.75) is 58.0 Å². The molecule has 0 radical (unpaired) electrons. The summed E-state index contributed by atoms with van der Waals surface area (Å²) in [5.74, 6) is 6.14. The van der Waals surface area contributed by atoms with Crippen LogP contribution < -0.4 is 5.84 Å². The van der Waals surface area contributed by atoms with E-state index in [1.165, 1.54) is 6.08 Å². The minimum absolute atomic E-state index is 0.0706. The Balaban J connectivity index is 2.86. The maximum atomic E-state index is 12.2. The summed E-state index contributed by atoms with van der Waals surface area (Å²) >= 11 is 0. The van der Waals surface area contributed by atoms with Gasteiger partial charge in [-0.2, -0.15) is 5.26 Å². The quantitative estimate of drug-likeness (QED) is 0.614. The molecule has 0 aromatic carbocycles. The summed E-state index contributed by atoms with van der Waals surface area (Å²) in [4.78, 5) is 12.2. The van der Waals surface area contributed by atoms with Crippen LogP contribution in [-0.2, 0) is 4.79 Å². The van der Waals surface area contributed by atoms with Gasteiger partial charge >= 0.3 is 0 Å². The van der Waals surface area contributed by atoms with E-state index in [4.69, 9.17) is 11.1 Å². The molecule has 0 saturated carbocycles. The number of hydrazine groups is 1. The largest absolute Gasteiger partial charge is 0.294 e. The van der Waals surface area contributed by atoms with Gasteiger partial charge < -0.3 is 0 Å². The summed E-state index contributed by atoms with van der Waals surface area (Å²) < 4.78 is 0. The first kappa shape index (κ1) is 14.9. The summed E-state index contributed by atoms with van der Waals surface area (Å²) in [6, 6.07) is 1.99. The maximum Gasteiger partial charge on any atom is 0.160 e. The molecule has 0 bridgehead atoms. The van der Waals surface area contributed by atoms with Crippen molar-refractivity contribution in [3.8, 4) is 6.07 Å². The van der Waals surface area contributed by atoms with E-state index in [1.807, 2.05) is 24.9 Å². The van der Waals surface area contributed by atoms with Gasteiger partial charge in [0, 0.05) is 17.0 Å². The van der Waals surface area contributed by atoms with Crippen molar-refractivity contribution in [3.63, 3.8) is 0 Å². The van der Waals surface area contributed by atoms with Gasteiger partial charge in [-0.25, -0.2) is 5.01 Å². The predicted octanol–water partition coefficient (Wildman–Crippen LogP) is 2.17. The monoisotopic (exact) mass is 249 g/mol. The van der Waals surface area contributed by atoms with E-state index < -0.39 is 0 Å². The molecule has 0 aromatic heterocycles. The van der Waals surface area contributed by atoms with Crippen molar-refractivity contribution in [1.29, 1.82) is 5.26 Å². The number of ketones is 1. The Labute approximate surface area is 109 Å². The highest BCUT2D eigenvalue weighted by molar-refractivity contribution is 5.92. The number of hydrogen-bond donors (Lipinski definition) is 1. The lowest BCUT2D eigenvalue weighted by Gasteiger charge is -2.53. The highest BCUT2D eigenvalue weighted by atomic mass is 16.1. The fourth-order valence-corrected chi connectivity index (χ4v) is 2.75. The summed E-state index contributed by atoms with van der Waals surface area (Å²) in [7, 11) is 0. The predicted molar refractivity (Wildman–Crippen MR) is 71.3 cm³/mol. The first-order chi connectivity index (χ1) is 8.23. The third-order valence-corrected chi connectivity index (χ3v) is 4.01. The average molecular weight is 249 g/mol. The third kappa shape index (κ3) is 2.80. The van der Waals surface area contributed by atoms with Crippen LogP contribution in [0.15, 0.2) is 12.2 Å². The number of nitrogens with two attached hydrogens (primary N) is 1. The van der Waals surface area contributed by atoms with Crippen LogP contribution in [0.25, 0.3) is 0 Å². The number of piperidine rings is 1. The van der Waals surface area contributed by atoms with Crippen LogP contribution in [0.2, 0.25) is 0 Å². The first-order valence-electron chi connectivity index (χ1n) is 6.36. The third-order valence-electron chi connectivity index (χ3n) is 4.01. The fraction of sp³-hybridized carbons (Fsp3) is 0.714. The van der Waals surface area contributed by atoms with Crippen molar-refractivity contribution >= 4 is 5.78 Å². The molecule has 1 saturated heterocycles. The lowest BCUT2D eigenvalue weighted by Crippen LogP contribution is -2.66. The zero-order valence-corrected chi connectivity index (χ0v) is 11.7. The van der Waals surface area contributed by atoms with E-state index >= 15 is 0 Å². The normalized spacial score (nSPS) is 27.0. The topological polar surface area (TPSA) is 70.1 Å². The van der Waals surface area contributed by atoms with Crippen molar-refractivity contribution in [2.24, 2.45) is 11.8 Å². The van der Waals surface area contributed by atoms with Crippen LogP contribution in [-0.4, -0.2) is 21.9 Å². The van der Waals surface area contributed by atoms with E-state index in [0.717, 1.165) is 12.8 Å². The maximum absolute atomic E-state index is 12.2. The molecule has 100 valence electrons. The summed E-state index contributed by atoms with van der Waals surface area (Å²) in [5, 5.41) is 10.3. The molecule has 4 nitrogen and oxygen atoms in total. The Bertz CT molecular complexity index is 390. The highest BCUT2D eigenvalue weighted by Crippen LogP contribution is 2.40. The molecule has 1 aliphatic heterocycles. The summed E-state index contributed by atoms with van der Waals surface area (Å²) in [6.45, 7) is 8.21. The molecule has 4 heteroatoms. The second-order valence-electron chi connectivity index (χ2n) is 6.09. The molecule has 2 N–H and O–H groups in total. The van der Waals surface area contributed by atoms with Crippen LogP contribution in [0.4, 0.5) is 0 Å². The average Bonchev–Trinajstić information content (AvgIpc) is 2.26. The Kier molecular flexibility index (Phi) is 4.31. The molecule has 1 rings (SSSR count). The zero-order valence-electron chi connectivity index (χ0n) is 11.7. The van der Waals surface area contributed by atoms with Gasteiger partial charge in [0.05, 0.1) is 12.5 Å². The van der Waals surface area contributed by atoms with Crippen LogP contribution in [0.1, 0.15) is 47.0 Å². The first-order valence-corrected chi connectivity index (χ1v) is 6.36. The van der Waals surface area contributed by atoms with Crippen molar-refractivity contribution < 1.29 is 4.79 Å². The molecule has 1 unspecified atom stereocenters. The number of allylic oxidation sites excluding steroid dienone is 2. The van der Waals surface area contributed by atoms with Gasteiger partial charge in [0.15, 0.2) is 5.78 Å². The lowest BCUT2D eigenvalue weighted by molar-refractivity contribution is -0.132. The molecule has 0 aromatic rings. The van der Waals surface area contributed by atoms with E-state index in [-0.39, 0.29) is 29.2 Å². The van der Waals surface area contributed by atoms with Gasteiger partial charge in [0.25, 0.3) is 0 Å². The standard InChI is InChI=1S/C14H23N3O/c1-13(2)9-8-11(14(3,4)17(13)16)12(18)7-5-6-10-15/h5,7,11H,6,8-9,16H2,1-4H3. The Morgan fingerprint density at radius 3 is 2.67 bits per heavy atom. The van der Waals surface area contributed by atoms with E-state index in [9.17, 15) is 4.79 Å². The number of nitrogens with zero attached hydrogens (tertiary/aromatic N) is 2. The van der Waals surface area contributed by atoms with Crippen LogP contribution in [0, 0.1) is 17.2 Å². The second kappa shape index (κ2) is 5.21. The van der Waals surface area contributed by atoms with Gasteiger partial charge in [-0.15, -0.1) is 0 Å². The van der Waals surface area contributed by atoms with Crippen molar-refractivity contribution in [2.75, 3.05) is 0 Å². The number of rotatable bonds is 3. The Morgan fingerprint density at radius 1 is 1.50 bits per heavy atom. The van der Waals surface area contributed by atoms with Crippen LogP contribution in [0.3, 0.4) is 0 Å². The zero-order chi connectivity index (χ0) is 14.0. The molecule has 18 heavy (non-hydrogen) atoms. The molecule has 1 heterocycles. The number of carbonyl (C=O) groups is 1. The van der Waals surface area contributed by atoms with Gasteiger partial charge in [-0.05, 0) is 46.6 Å². The number of nitriles is 1. The molecule has 0 spiro atoms. The van der Waals surface area contributed by atoms with Crippen LogP contribution in [0.5, 0.6) is 0 Å². The van der Waals surface area contributed by atoms with Gasteiger partial charge in [-0.3, -0.25) is 10.6 Å². The van der Waals surface area contributed by atoms with E-state index in [0.29, 0.717) is 0 Å².